The highest BCUT2D eigenvalue weighted by molar-refractivity contribution is 5.90. The molecule has 0 bridgehead atoms. The quantitative estimate of drug-likeness (QED) is 0.621. The van der Waals surface area contributed by atoms with Gasteiger partial charge in [0.05, 0.1) is 15.8 Å². The molecule has 0 saturated carbocycles. The number of hydrogen-bond donors (Lipinski definition) is 0. The number of nitrogens with zero attached hydrogens (tertiary/aromatic N) is 3. The van der Waals surface area contributed by atoms with E-state index in [0.29, 0.717) is 24.0 Å². The van der Waals surface area contributed by atoms with Gasteiger partial charge in [0, 0.05) is 25.4 Å². The summed E-state index contributed by atoms with van der Waals surface area (Å²) in [7, 11) is 0. The smallest absolute Gasteiger partial charge is 0.278 e. The number of benzene rings is 1. The van der Waals surface area contributed by atoms with Crippen LogP contribution in [0.25, 0.3) is 10.9 Å². The number of likely N-dealkylation sites (N-methyl/N-ethyl adjacent to an activating group) is 1. The van der Waals surface area contributed by atoms with Crippen molar-refractivity contribution in [3.05, 3.63) is 40.6 Å². The molecule has 0 radical (unpaired) electrons. The summed E-state index contributed by atoms with van der Waals surface area (Å²) in [5.41, 5.74) is 0.774. The van der Waals surface area contributed by atoms with Crippen LogP contribution in [0.3, 0.4) is 0 Å². The molecule has 1 amide bonds. The number of rotatable bonds is 5. The number of carbonyl (C=O) groups excluding carboxylic acids is 1. The molecule has 0 unspecified atom stereocenters. The number of fused-ring (bicyclic) bond motifs is 1. The molecule has 0 aliphatic carbocycles. The Balaban J connectivity index is 2.35. The first kappa shape index (κ1) is 14.0. The Labute approximate surface area is 116 Å². The van der Waals surface area contributed by atoms with Crippen molar-refractivity contribution >= 4 is 22.5 Å². The maximum Gasteiger partial charge on any atom is 0.278 e. The molecule has 20 heavy (non-hydrogen) atoms. The van der Waals surface area contributed by atoms with E-state index in [1.54, 1.807) is 33.9 Å². The highest BCUT2D eigenvalue weighted by atomic mass is 16.6. The first-order valence-electron chi connectivity index (χ1n) is 6.58. The molecule has 0 aliphatic rings. The molecule has 6 nitrogen and oxygen atoms in total. The second-order valence-electron chi connectivity index (χ2n) is 4.48. The second-order valence-corrected chi connectivity index (χ2v) is 4.48. The Hall–Kier alpha value is -2.37. The molecule has 106 valence electrons. The largest absolute Gasteiger partial charge is 0.342 e. The van der Waals surface area contributed by atoms with Gasteiger partial charge in [0.1, 0.15) is 6.54 Å². The van der Waals surface area contributed by atoms with Crippen molar-refractivity contribution in [2.45, 2.75) is 20.4 Å². The summed E-state index contributed by atoms with van der Waals surface area (Å²) in [5, 5.41) is 11.5. The molecule has 0 saturated heterocycles. The standard InChI is InChI=1S/C14H17N3O3/c1-3-15(4-2)14(18)10-16-9-8-11-12(16)6-5-7-13(11)17(19)20/h5-9H,3-4,10H2,1-2H3. The van der Waals surface area contributed by atoms with E-state index >= 15 is 0 Å². The molecule has 1 heterocycles. The van der Waals surface area contributed by atoms with Crippen LogP contribution in [0.15, 0.2) is 30.5 Å². The first-order chi connectivity index (χ1) is 9.58. The summed E-state index contributed by atoms with van der Waals surface area (Å²) >= 11 is 0. The molecule has 0 spiro atoms. The fraction of sp³-hybridized carbons (Fsp3) is 0.357. The highest BCUT2D eigenvalue weighted by Gasteiger charge is 2.16. The molecular weight excluding hydrogens is 258 g/mol. The van der Waals surface area contributed by atoms with Crippen molar-refractivity contribution in [3.8, 4) is 0 Å². The summed E-state index contributed by atoms with van der Waals surface area (Å²) in [4.78, 5) is 24.4. The number of nitro groups is 1. The lowest BCUT2D eigenvalue weighted by atomic mass is 10.2. The van der Waals surface area contributed by atoms with E-state index in [1.165, 1.54) is 6.07 Å². The lowest BCUT2D eigenvalue weighted by Gasteiger charge is -2.19. The van der Waals surface area contributed by atoms with Crippen LogP contribution in [-0.2, 0) is 11.3 Å². The van der Waals surface area contributed by atoms with Crippen LogP contribution in [-0.4, -0.2) is 33.4 Å². The molecule has 0 aliphatic heterocycles. The van der Waals surface area contributed by atoms with E-state index in [0.717, 1.165) is 0 Å². The van der Waals surface area contributed by atoms with E-state index in [-0.39, 0.29) is 18.1 Å². The Bertz CT molecular complexity index is 644. The summed E-state index contributed by atoms with van der Waals surface area (Å²) in [6, 6.07) is 6.58. The van der Waals surface area contributed by atoms with E-state index < -0.39 is 4.92 Å². The third kappa shape index (κ3) is 2.49. The van der Waals surface area contributed by atoms with Gasteiger partial charge in [0.25, 0.3) is 5.69 Å². The maximum absolute atomic E-state index is 12.1. The van der Waals surface area contributed by atoms with Crippen LogP contribution in [0.4, 0.5) is 5.69 Å². The zero-order valence-electron chi connectivity index (χ0n) is 11.6. The summed E-state index contributed by atoms with van der Waals surface area (Å²) < 4.78 is 1.75. The van der Waals surface area contributed by atoms with E-state index in [9.17, 15) is 14.9 Å². The van der Waals surface area contributed by atoms with Crippen LogP contribution in [0.5, 0.6) is 0 Å². The van der Waals surface area contributed by atoms with Crippen molar-refractivity contribution in [2.24, 2.45) is 0 Å². The van der Waals surface area contributed by atoms with Gasteiger partial charge < -0.3 is 9.47 Å². The van der Waals surface area contributed by atoms with E-state index in [1.807, 2.05) is 13.8 Å². The summed E-state index contributed by atoms with van der Waals surface area (Å²) in [6.45, 7) is 5.38. The lowest BCUT2D eigenvalue weighted by Crippen LogP contribution is -2.33. The van der Waals surface area contributed by atoms with E-state index in [2.05, 4.69) is 0 Å². The van der Waals surface area contributed by atoms with Crippen LogP contribution in [0, 0.1) is 10.1 Å². The van der Waals surface area contributed by atoms with Gasteiger partial charge in [-0.3, -0.25) is 14.9 Å². The SMILES string of the molecule is CCN(CC)C(=O)Cn1ccc2c([N+](=O)[O-])cccc21. The number of carbonyl (C=O) groups is 1. The van der Waals surface area contributed by atoms with Gasteiger partial charge in [-0.05, 0) is 26.0 Å². The first-order valence-corrected chi connectivity index (χ1v) is 6.58. The minimum atomic E-state index is -0.404. The number of hydrogen-bond acceptors (Lipinski definition) is 3. The molecule has 2 aromatic rings. The van der Waals surface area contributed by atoms with Gasteiger partial charge in [0.15, 0.2) is 0 Å². The third-order valence-electron chi connectivity index (χ3n) is 3.41. The molecule has 0 fully saturated rings. The normalized spacial score (nSPS) is 10.7. The topological polar surface area (TPSA) is 68.4 Å². The predicted octanol–water partition coefficient (Wildman–Crippen LogP) is 2.42. The van der Waals surface area contributed by atoms with Crippen molar-refractivity contribution in [2.75, 3.05) is 13.1 Å². The monoisotopic (exact) mass is 275 g/mol. The molecule has 1 aromatic heterocycles. The summed E-state index contributed by atoms with van der Waals surface area (Å²) in [6.07, 6.45) is 1.72. The van der Waals surface area contributed by atoms with Gasteiger partial charge in [-0.2, -0.15) is 0 Å². The number of non-ortho nitro benzene ring substituents is 1. The molecule has 0 N–H and O–H groups in total. The van der Waals surface area contributed by atoms with Crippen LogP contribution in [0.1, 0.15) is 13.8 Å². The van der Waals surface area contributed by atoms with Gasteiger partial charge in [-0.1, -0.05) is 6.07 Å². The van der Waals surface area contributed by atoms with Gasteiger partial charge in [0.2, 0.25) is 5.91 Å². The summed E-state index contributed by atoms with van der Waals surface area (Å²) in [5.74, 6) is 0.0130. The predicted molar refractivity (Wildman–Crippen MR) is 76.5 cm³/mol. The molecule has 2 rings (SSSR count). The zero-order valence-corrected chi connectivity index (χ0v) is 11.6. The van der Waals surface area contributed by atoms with Crippen molar-refractivity contribution < 1.29 is 9.72 Å². The van der Waals surface area contributed by atoms with Crippen LogP contribution >= 0.6 is 0 Å². The van der Waals surface area contributed by atoms with Crippen LogP contribution < -0.4 is 0 Å². The van der Waals surface area contributed by atoms with Gasteiger partial charge in [-0.15, -0.1) is 0 Å². The fourth-order valence-electron chi connectivity index (χ4n) is 2.33. The van der Waals surface area contributed by atoms with E-state index in [4.69, 9.17) is 0 Å². The van der Waals surface area contributed by atoms with Gasteiger partial charge >= 0.3 is 0 Å². The Kier molecular flexibility index (Phi) is 4.02. The maximum atomic E-state index is 12.1. The minimum absolute atomic E-state index is 0.0130. The van der Waals surface area contributed by atoms with Crippen molar-refractivity contribution in [3.63, 3.8) is 0 Å². The van der Waals surface area contributed by atoms with Gasteiger partial charge in [-0.25, -0.2) is 0 Å². The zero-order chi connectivity index (χ0) is 14.7. The average Bonchev–Trinajstić information content (AvgIpc) is 2.83. The molecular formula is C14H17N3O3. The Morgan fingerprint density at radius 1 is 1.30 bits per heavy atom. The average molecular weight is 275 g/mol. The van der Waals surface area contributed by atoms with Crippen molar-refractivity contribution in [1.82, 2.24) is 9.47 Å². The van der Waals surface area contributed by atoms with Crippen LogP contribution in [0.2, 0.25) is 0 Å². The lowest BCUT2D eigenvalue weighted by molar-refractivity contribution is -0.383. The molecule has 0 atom stereocenters. The second kappa shape index (κ2) is 5.73. The highest BCUT2D eigenvalue weighted by Crippen LogP contribution is 2.26. The number of aromatic nitrogens is 1. The Morgan fingerprint density at radius 2 is 2.00 bits per heavy atom. The Morgan fingerprint density at radius 3 is 2.60 bits per heavy atom. The fourth-order valence-corrected chi connectivity index (χ4v) is 2.33. The number of nitro benzene ring substituents is 1. The third-order valence-corrected chi connectivity index (χ3v) is 3.41. The minimum Gasteiger partial charge on any atom is -0.342 e. The van der Waals surface area contributed by atoms with Crippen molar-refractivity contribution in [1.29, 1.82) is 0 Å². The molecule has 1 aromatic carbocycles. The molecule has 6 heteroatoms. The number of amides is 1.